The largest absolute Gasteiger partial charge is 0.416 e. The van der Waals surface area contributed by atoms with Gasteiger partial charge in [0.15, 0.2) is 0 Å². The zero-order valence-electron chi connectivity index (χ0n) is 18.4. The summed E-state index contributed by atoms with van der Waals surface area (Å²) in [7, 11) is 0. The second-order valence-corrected chi connectivity index (χ2v) is 9.17. The molecule has 2 N–H and O–H groups in total. The Bertz CT molecular complexity index is 1070. The highest BCUT2D eigenvalue weighted by molar-refractivity contribution is 6.08. The number of halogens is 5. The van der Waals surface area contributed by atoms with E-state index < -0.39 is 52.2 Å². The highest BCUT2D eigenvalue weighted by atomic mass is 19.4. The van der Waals surface area contributed by atoms with E-state index in [4.69, 9.17) is 4.74 Å². The molecule has 1 saturated heterocycles. The Kier molecular flexibility index (Phi) is 5.70. The van der Waals surface area contributed by atoms with Crippen LogP contribution in [0.15, 0.2) is 48.5 Å². The van der Waals surface area contributed by atoms with Gasteiger partial charge in [-0.05, 0) is 49.1 Å². The minimum atomic E-state index is -4.80. The SMILES string of the molecule is C[C@@H](OCC1(c2ccccc2)CC2(C1)NC(=O)NC2=O)c1cc(C(C)(F)F)cc(C(F)(F)F)c1. The van der Waals surface area contributed by atoms with Crippen molar-refractivity contribution in [3.63, 3.8) is 0 Å². The molecule has 1 saturated carbocycles. The van der Waals surface area contributed by atoms with Crippen molar-refractivity contribution in [2.24, 2.45) is 0 Å². The molecule has 0 bridgehead atoms. The summed E-state index contributed by atoms with van der Waals surface area (Å²) in [6.45, 7) is 2.04. The molecule has 0 radical (unpaired) electrons. The van der Waals surface area contributed by atoms with Gasteiger partial charge in [0.25, 0.3) is 11.8 Å². The van der Waals surface area contributed by atoms with E-state index in [1.54, 1.807) is 12.1 Å². The lowest BCUT2D eigenvalue weighted by Gasteiger charge is -2.53. The zero-order chi connectivity index (χ0) is 24.9. The van der Waals surface area contributed by atoms with Crippen LogP contribution < -0.4 is 10.6 Å². The topological polar surface area (TPSA) is 67.4 Å². The van der Waals surface area contributed by atoms with Crippen LogP contribution in [0.2, 0.25) is 0 Å². The first-order valence-electron chi connectivity index (χ1n) is 10.7. The third-order valence-electron chi connectivity index (χ3n) is 6.55. The van der Waals surface area contributed by atoms with Gasteiger partial charge in [-0.15, -0.1) is 0 Å². The molecule has 182 valence electrons. The smallest absolute Gasteiger partial charge is 0.373 e. The van der Waals surface area contributed by atoms with Crippen LogP contribution in [0, 0.1) is 0 Å². The molecule has 2 aromatic rings. The number of ether oxygens (including phenoxy) is 1. The molecular formula is C24H23F5N2O3. The van der Waals surface area contributed by atoms with E-state index in [-0.39, 0.29) is 25.0 Å². The zero-order valence-corrected chi connectivity index (χ0v) is 18.4. The van der Waals surface area contributed by atoms with Crippen molar-refractivity contribution in [3.05, 3.63) is 70.8 Å². The highest BCUT2D eigenvalue weighted by Gasteiger charge is 2.63. The molecule has 10 heteroatoms. The van der Waals surface area contributed by atoms with E-state index in [2.05, 4.69) is 10.6 Å². The molecule has 2 fully saturated rings. The number of carbonyl (C=O) groups is 2. The number of rotatable bonds is 6. The average molecular weight is 482 g/mol. The fourth-order valence-electron chi connectivity index (χ4n) is 4.75. The van der Waals surface area contributed by atoms with Gasteiger partial charge in [0, 0.05) is 17.9 Å². The van der Waals surface area contributed by atoms with Crippen LogP contribution in [0.3, 0.4) is 0 Å². The van der Waals surface area contributed by atoms with Crippen molar-refractivity contribution in [1.82, 2.24) is 10.6 Å². The molecule has 3 amide bonds. The molecule has 0 aromatic heterocycles. The molecule has 5 nitrogen and oxygen atoms in total. The van der Waals surface area contributed by atoms with Gasteiger partial charge in [-0.25, -0.2) is 13.6 Å². The van der Waals surface area contributed by atoms with Crippen LogP contribution in [0.4, 0.5) is 26.7 Å². The Morgan fingerprint density at radius 1 is 1.00 bits per heavy atom. The first-order chi connectivity index (χ1) is 15.7. The molecule has 1 atom stereocenters. The summed E-state index contributed by atoms with van der Waals surface area (Å²) in [6.07, 6.45) is -5.27. The Hall–Kier alpha value is -3.01. The Morgan fingerprint density at radius 2 is 1.62 bits per heavy atom. The second-order valence-electron chi connectivity index (χ2n) is 9.17. The molecule has 4 rings (SSSR count). The monoisotopic (exact) mass is 482 g/mol. The number of hydrogen-bond acceptors (Lipinski definition) is 3. The Morgan fingerprint density at radius 3 is 2.15 bits per heavy atom. The number of nitrogens with one attached hydrogen (secondary N) is 2. The maximum atomic E-state index is 13.9. The Labute approximate surface area is 192 Å². The average Bonchev–Trinajstić information content (AvgIpc) is 3.03. The number of imide groups is 1. The van der Waals surface area contributed by atoms with Gasteiger partial charge in [0.2, 0.25) is 0 Å². The maximum Gasteiger partial charge on any atom is 0.416 e. The van der Waals surface area contributed by atoms with Crippen molar-refractivity contribution in [2.45, 2.75) is 55.8 Å². The Balaban J connectivity index is 1.60. The number of amides is 3. The van der Waals surface area contributed by atoms with Gasteiger partial charge >= 0.3 is 12.2 Å². The van der Waals surface area contributed by atoms with Gasteiger partial charge in [0.1, 0.15) is 5.54 Å². The normalized spacial score (nSPS) is 25.6. The summed E-state index contributed by atoms with van der Waals surface area (Å²) < 4.78 is 73.7. The molecule has 1 heterocycles. The quantitative estimate of drug-likeness (QED) is 0.439. The van der Waals surface area contributed by atoms with Crippen molar-refractivity contribution in [2.75, 3.05) is 6.61 Å². The lowest BCUT2D eigenvalue weighted by atomic mass is 9.54. The van der Waals surface area contributed by atoms with Crippen LogP contribution in [-0.4, -0.2) is 24.1 Å². The molecule has 0 unspecified atom stereocenters. The van der Waals surface area contributed by atoms with Crippen molar-refractivity contribution in [1.29, 1.82) is 0 Å². The third kappa shape index (κ3) is 4.38. The summed E-state index contributed by atoms with van der Waals surface area (Å²) in [5, 5.41) is 4.87. The first-order valence-corrected chi connectivity index (χ1v) is 10.7. The van der Waals surface area contributed by atoms with E-state index in [1.165, 1.54) is 6.92 Å². The lowest BCUT2D eigenvalue weighted by molar-refractivity contribution is -0.138. The summed E-state index contributed by atoms with van der Waals surface area (Å²) in [4.78, 5) is 24.0. The number of benzene rings is 2. The molecule has 2 aromatic carbocycles. The fraction of sp³-hybridized carbons (Fsp3) is 0.417. The minimum Gasteiger partial charge on any atom is -0.373 e. The highest BCUT2D eigenvalue weighted by Crippen LogP contribution is 2.52. The molecule has 1 spiro atoms. The summed E-state index contributed by atoms with van der Waals surface area (Å²) in [6, 6.07) is 10.8. The van der Waals surface area contributed by atoms with Gasteiger partial charge in [-0.2, -0.15) is 13.2 Å². The van der Waals surface area contributed by atoms with Gasteiger partial charge < -0.3 is 10.1 Å². The molecule has 1 aliphatic heterocycles. The van der Waals surface area contributed by atoms with Crippen LogP contribution in [-0.2, 0) is 27.0 Å². The number of hydrogen-bond donors (Lipinski definition) is 2. The molecule has 2 aliphatic rings. The van der Waals surface area contributed by atoms with Gasteiger partial charge in [-0.1, -0.05) is 30.3 Å². The molecule has 1 aliphatic carbocycles. The third-order valence-corrected chi connectivity index (χ3v) is 6.55. The van der Waals surface area contributed by atoms with Crippen molar-refractivity contribution >= 4 is 11.9 Å². The van der Waals surface area contributed by atoms with E-state index in [1.807, 2.05) is 18.2 Å². The van der Waals surface area contributed by atoms with E-state index in [9.17, 15) is 31.5 Å². The second kappa shape index (κ2) is 8.04. The van der Waals surface area contributed by atoms with Gasteiger partial charge in [-0.3, -0.25) is 10.1 Å². The maximum absolute atomic E-state index is 13.9. The van der Waals surface area contributed by atoms with E-state index in [0.29, 0.717) is 13.0 Å². The predicted octanol–water partition coefficient (Wildman–Crippen LogP) is 5.20. The van der Waals surface area contributed by atoms with Gasteiger partial charge in [0.05, 0.1) is 18.3 Å². The first kappa shape index (κ1) is 24.1. The van der Waals surface area contributed by atoms with Crippen LogP contribution in [0.25, 0.3) is 0 Å². The number of alkyl halides is 5. The standard InChI is InChI=1S/C24H23F5N2O3/c1-14(15-8-17(21(2,25)26)10-18(9-15)24(27,28)29)34-13-22(16-6-4-3-5-7-16)11-23(12-22)19(32)30-20(33)31-23/h3-10,14H,11-13H2,1-2H3,(H2,30,31,32,33)/t14-,22?,23?/m1/s1. The summed E-state index contributed by atoms with van der Waals surface area (Å²) >= 11 is 0. The minimum absolute atomic E-state index is 0.0111. The number of urea groups is 1. The predicted molar refractivity (Wildman–Crippen MR) is 112 cm³/mol. The van der Waals surface area contributed by atoms with Crippen molar-refractivity contribution < 1.29 is 36.3 Å². The van der Waals surface area contributed by atoms with Crippen LogP contribution in [0.5, 0.6) is 0 Å². The van der Waals surface area contributed by atoms with Crippen LogP contribution >= 0.6 is 0 Å². The van der Waals surface area contributed by atoms with Crippen molar-refractivity contribution in [3.8, 4) is 0 Å². The summed E-state index contributed by atoms with van der Waals surface area (Å²) in [5.41, 5.74) is -2.89. The molecule has 34 heavy (non-hydrogen) atoms. The molecular weight excluding hydrogens is 459 g/mol. The van der Waals surface area contributed by atoms with E-state index in [0.717, 1.165) is 17.7 Å². The number of carbonyl (C=O) groups excluding carboxylic acids is 2. The lowest BCUT2D eigenvalue weighted by Crippen LogP contribution is -2.65. The van der Waals surface area contributed by atoms with Crippen LogP contribution in [0.1, 0.15) is 55.0 Å². The fourth-order valence-corrected chi connectivity index (χ4v) is 4.75. The van der Waals surface area contributed by atoms with E-state index >= 15 is 0 Å². The summed E-state index contributed by atoms with van der Waals surface area (Å²) in [5.74, 6) is -3.90.